The molecule has 0 spiro atoms. The van der Waals surface area contributed by atoms with E-state index in [2.05, 4.69) is 51.3 Å². The van der Waals surface area contributed by atoms with Crippen LogP contribution in [0.15, 0.2) is 18.2 Å². The molecule has 1 heteroatoms. The zero-order valence-electron chi connectivity index (χ0n) is 13.7. The van der Waals surface area contributed by atoms with E-state index >= 15 is 0 Å². The van der Waals surface area contributed by atoms with Gasteiger partial charge in [0.25, 0.3) is 0 Å². The zero-order chi connectivity index (χ0) is 14.5. The van der Waals surface area contributed by atoms with Crippen molar-refractivity contribution in [3.8, 4) is 0 Å². The summed E-state index contributed by atoms with van der Waals surface area (Å²) in [4.78, 5) is 0. The molecule has 0 aromatic heterocycles. The molecule has 1 fully saturated rings. The van der Waals surface area contributed by atoms with Crippen LogP contribution in [0.25, 0.3) is 0 Å². The molecule has 0 aliphatic heterocycles. The van der Waals surface area contributed by atoms with Crippen molar-refractivity contribution in [2.75, 3.05) is 7.05 Å². The Kier molecular flexibility index (Phi) is 5.65. The van der Waals surface area contributed by atoms with E-state index in [1.807, 2.05) is 0 Å². The summed E-state index contributed by atoms with van der Waals surface area (Å²) >= 11 is 0. The van der Waals surface area contributed by atoms with Gasteiger partial charge in [-0.2, -0.15) is 0 Å². The van der Waals surface area contributed by atoms with E-state index in [0.29, 0.717) is 6.04 Å². The average Bonchev–Trinajstić information content (AvgIpc) is 2.38. The first-order chi connectivity index (χ1) is 9.62. The van der Waals surface area contributed by atoms with E-state index in [4.69, 9.17) is 0 Å². The van der Waals surface area contributed by atoms with Crippen molar-refractivity contribution in [2.24, 2.45) is 11.8 Å². The van der Waals surface area contributed by atoms with Gasteiger partial charge < -0.3 is 5.32 Å². The lowest BCUT2D eigenvalue weighted by Crippen LogP contribution is -2.39. The van der Waals surface area contributed by atoms with Gasteiger partial charge in [-0.05, 0) is 64.0 Å². The normalized spacial score (nSPS) is 26.7. The number of hydrogen-bond acceptors (Lipinski definition) is 1. The minimum atomic E-state index is 0.712. The van der Waals surface area contributed by atoms with Crippen LogP contribution in [0.4, 0.5) is 0 Å². The molecule has 2 rings (SSSR count). The van der Waals surface area contributed by atoms with E-state index < -0.39 is 0 Å². The zero-order valence-corrected chi connectivity index (χ0v) is 13.7. The number of rotatable bonds is 5. The third-order valence-electron chi connectivity index (χ3n) is 4.94. The highest BCUT2D eigenvalue weighted by atomic mass is 14.9. The van der Waals surface area contributed by atoms with Crippen molar-refractivity contribution in [1.29, 1.82) is 0 Å². The minimum Gasteiger partial charge on any atom is -0.317 e. The fourth-order valence-corrected chi connectivity index (χ4v) is 4.13. The lowest BCUT2D eigenvalue weighted by molar-refractivity contribution is 0.200. The molecule has 3 unspecified atom stereocenters. The van der Waals surface area contributed by atoms with Crippen LogP contribution >= 0.6 is 0 Å². The second kappa shape index (κ2) is 7.26. The van der Waals surface area contributed by atoms with Crippen LogP contribution in [0.1, 0.15) is 55.7 Å². The fraction of sp³-hybridized carbons (Fsp3) is 0.684. The maximum absolute atomic E-state index is 3.57. The Labute approximate surface area is 125 Å². The largest absolute Gasteiger partial charge is 0.317 e. The van der Waals surface area contributed by atoms with E-state index in [-0.39, 0.29) is 0 Å². The summed E-state index contributed by atoms with van der Waals surface area (Å²) in [6, 6.07) is 7.75. The smallest absolute Gasteiger partial charge is 0.00957 e. The number of benzene rings is 1. The van der Waals surface area contributed by atoms with Gasteiger partial charge in [0.05, 0.1) is 0 Å². The Bertz CT molecular complexity index is 404. The third kappa shape index (κ3) is 4.09. The van der Waals surface area contributed by atoms with Crippen molar-refractivity contribution in [3.05, 3.63) is 34.9 Å². The van der Waals surface area contributed by atoms with Crippen LogP contribution < -0.4 is 5.32 Å². The second-order valence-electron chi connectivity index (χ2n) is 6.82. The number of aryl methyl sites for hydroxylation is 2. The van der Waals surface area contributed by atoms with Gasteiger partial charge in [-0.15, -0.1) is 0 Å². The van der Waals surface area contributed by atoms with Crippen LogP contribution in [0, 0.1) is 25.7 Å². The molecule has 1 aromatic rings. The summed E-state index contributed by atoms with van der Waals surface area (Å²) in [7, 11) is 2.14. The molecule has 20 heavy (non-hydrogen) atoms. The second-order valence-corrected chi connectivity index (χ2v) is 6.82. The first-order valence-corrected chi connectivity index (χ1v) is 8.36. The molecular weight excluding hydrogens is 242 g/mol. The maximum atomic E-state index is 3.57. The molecule has 1 N–H and O–H groups in total. The summed E-state index contributed by atoms with van der Waals surface area (Å²) < 4.78 is 0. The fourth-order valence-electron chi connectivity index (χ4n) is 4.13. The maximum Gasteiger partial charge on any atom is 0.00957 e. The first kappa shape index (κ1) is 15.6. The van der Waals surface area contributed by atoms with Crippen molar-refractivity contribution < 1.29 is 0 Å². The Morgan fingerprint density at radius 3 is 2.40 bits per heavy atom. The van der Waals surface area contributed by atoms with E-state index in [1.165, 1.54) is 55.2 Å². The summed E-state index contributed by atoms with van der Waals surface area (Å²) in [6.07, 6.45) is 8.19. The molecule has 0 amide bonds. The molecule has 1 aliphatic rings. The highest BCUT2D eigenvalue weighted by Crippen LogP contribution is 2.34. The molecule has 0 radical (unpaired) electrons. The quantitative estimate of drug-likeness (QED) is 0.823. The van der Waals surface area contributed by atoms with Crippen LogP contribution in [0.2, 0.25) is 0 Å². The summed E-state index contributed by atoms with van der Waals surface area (Å²) in [5.74, 6) is 1.77. The number of nitrogens with one attached hydrogen (secondary N) is 1. The van der Waals surface area contributed by atoms with Gasteiger partial charge >= 0.3 is 0 Å². The monoisotopic (exact) mass is 273 g/mol. The predicted molar refractivity (Wildman–Crippen MR) is 88.2 cm³/mol. The SMILES string of the molecule is CCCC1CCC(NC)C(Cc2cc(C)cc(C)c2)C1. The van der Waals surface area contributed by atoms with E-state index in [1.54, 1.807) is 0 Å². The van der Waals surface area contributed by atoms with Gasteiger partial charge in [0.15, 0.2) is 0 Å². The van der Waals surface area contributed by atoms with Crippen molar-refractivity contribution >= 4 is 0 Å². The number of hydrogen-bond donors (Lipinski definition) is 1. The van der Waals surface area contributed by atoms with Crippen molar-refractivity contribution in [1.82, 2.24) is 5.32 Å². The van der Waals surface area contributed by atoms with Crippen molar-refractivity contribution in [3.63, 3.8) is 0 Å². The Hall–Kier alpha value is -0.820. The molecular formula is C19H31N. The molecule has 0 saturated heterocycles. The van der Waals surface area contributed by atoms with Gasteiger partial charge in [-0.1, -0.05) is 49.1 Å². The first-order valence-electron chi connectivity index (χ1n) is 8.36. The van der Waals surface area contributed by atoms with Gasteiger partial charge in [-0.3, -0.25) is 0 Å². The molecule has 1 aliphatic carbocycles. The lowest BCUT2D eigenvalue weighted by Gasteiger charge is -2.36. The Morgan fingerprint density at radius 1 is 1.10 bits per heavy atom. The van der Waals surface area contributed by atoms with Gasteiger partial charge in [0, 0.05) is 6.04 Å². The lowest BCUT2D eigenvalue weighted by atomic mass is 9.74. The van der Waals surface area contributed by atoms with E-state index in [9.17, 15) is 0 Å². The van der Waals surface area contributed by atoms with E-state index in [0.717, 1.165) is 11.8 Å². The molecule has 1 saturated carbocycles. The highest BCUT2D eigenvalue weighted by Gasteiger charge is 2.29. The third-order valence-corrected chi connectivity index (χ3v) is 4.94. The standard InChI is InChI=1S/C19H31N/c1-5-6-16-7-8-19(20-4)18(12-16)13-17-10-14(2)9-15(3)11-17/h9-11,16,18-20H,5-8,12-13H2,1-4H3. The predicted octanol–water partition coefficient (Wildman–Crippen LogP) is 4.65. The summed E-state index contributed by atoms with van der Waals surface area (Å²) in [5, 5.41) is 3.57. The topological polar surface area (TPSA) is 12.0 Å². The minimum absolute atomic E-state index is 0.712. The van der Waals surface area contributed by atoms with Crippen molar-refractivity contribution in [2.45, 2.75) is 65.3 Å². The molecule has 0 heterocycles. The molecule has 1 nitrogen and oxygen atoms in total. The Balaban J connectivity index is 2.06. The van der Waals surface area contributed by atoms with Crippen LogP contribution in [0.3, 0.4) is 0 Å². The summed E-state index contributed by atoms with van der Waals surface area (Å²) in [6.45, 7) is 6.75. The average molecular weight is 273 g/mol. The summed E-state index contributed by atoms with van der Waals surface area (Å²) in [5.41, 5.74) is 4.34. The molecule has 3 atom stereocenters. The van der Waals surface area contributed by atoms with Crippen LogP contribution in [0.5, 0.6) is 0 Å². The van der Waals surface area contributed by atoms with Gasteiger partial charge in [0.2, 0.25) is 0 Å². The van der Waals surface area contributed by atoms with Crippen LogP contribution in [-0.4, -0.2) is 13.1 Å². The Morgan fingerprint density at radius 2 is 1.80 bits per heavy atom. The highest BCUT2D eigenvalue weighted by molar-refractivity contribution is 5.29. The molecule has 112 valence electrons. The van der Waals surface area contributed by atoms with Gasteiger partial charge in [-0.25, -0.2) is 0 Å². The van der Waals surface area contributed by atoms with Crippen LogP contribution in [-0.2, 0) is 6.42 Å². The van der Waals surface area contributed by atoms with Gasteiger partial charge in [0.1, 0.15) is 0 Å². The molecule has 0 bridgehead atoms. The molecule has 1 aromatic carbocycles.